The number of benzene rings is 2. The number of urea groups is 1. The number of anilines is 4. The number of ether oxygens (including phenoxy) is 2. The van der Waals surface area contributed by atoms with Crippen molar-refractivity contribution in [3.63, 3.8) is 0 Å². The molecule has 13 nitrogen and oxygen atoms in total. The van der Waals surface area contributed by atoms with Gasteiger partial charge in [-0.15, -0.1) is 0 Å². The SMILES string of the molecule is CC(C)N1CCN(C(=O)c2ccc(NC(=O)Nc3ccc(-c4nc(N5[C@@H]6COC[C@H]5[C@H](F)C6)nc(N5[C@@H]6COC[C@H]5[C@H](F)C6)n4)cc3)cc2)CC1. The van der Waals surface area contributed by atoms with Gasteiger partial charge in [-0.1, -0.05) is 0 Å². The van der Waals surface area contributed by atoms with Crippen LogP contribution in [-0.2, 0) is 9.47 Å². The van der Waals surface area contributed by atoms with Gasteiger partial charge in [0.15, 0.2) is 5.82 Å². The Morgan fingerprint density at radius 1 is 0.725 bits per heavy atom. The molecule has 2 aromatic carbocycles. The molecular formula is C36H43F2N9O4. The van der Waals surface area contributed by atoms with Crippen LogP contribution in [0.4, 0.5) is 36.8 Å². The standard InChI is InChI=1S/C36H43F2N9O4/c1-21(2)44-11-13-45(14-12-44)33(48)23-5-9-25(10-6-23)40-36(49)39-24-7-3-22(4-8-24)32-41-34(46-26-15-28(37)30(46)19-50-17-26)43-35(42-32)47-27-16-29(38)31(47)20-51-18-27/h3-10,21,26-31H,11-20H2,1-2H3,(H2,39,40,49)/t26-,27-,28+,29+,30-,31-/m0/s1. The topological polar surface area (TPSA) is 128 Å². The molecule has 51 heavy (non-hydrogen) atoms. The smallest absolute Gasteiger partial charge is 0.323 e. The lowest BCUT2D eigenvalue weighted by Gasteiger charge is -2.37. The van der Waals surface area contributed by atoms with Gasteiger partial charge in [0, 0.05) is 67.6 Å². The van der Waals surface area contributed by atoms with Gasteiger partial charge in [0.1, 0.15) is 12.3 Å². The van der Waals surface area contributed by atoms with E-state index >= 15 is 0 Å². The largest absolute Gasteiger partial charge is 0.377 e. The number of carbonyl (C=O) groups excluding carboxylic acids is 2. The second-order valence-electron chi connectivity index (χ2n) is 14.2. The van der Waals surface area contributed by atoms with E-state index in [1.54, 1.807) is 48.5 Å². The molecule has 3 amide bonds. The summed E-state index contributed by atoms with van der Waals surface area (Å²) in [5, 5.41) is 5.65. The van der Waals surface area contributed by atoms with Crippen LogP contribution in [0.5, 0.6) is 0 Å². The molecule has 2 N–H and O–H groups in total. The van der Waals surface area contributed by atoms with Gasteiger partial charge >= 0.3 is 6.03 Å². The number of hydrogen-bond acceptors (Lipinski definition) is 10. The van der Waals surface area contributed by atoms with Gasteiger partial charge in [-0.25, -0.2) is 13.6 Å². The van der Waals surface area contributed by atoms with E-state index in [2.05, 4.69) is 29.4 Å². The lowest BCUT2D eigenvalue weighted by molar-refractivity contribution is 0.0595. The summed E-state index contributed by atoms with van der Waals surface area (Å²) in [5.74, 6) is 1.04. The number of aromatic nitrogens is 3. The van der Waals surface area contributed by atoms with Gasteiger partial charge in [0.2, 0.25) is 11.9 Å². The molecule has 5 saturated heterocycles. The highest BCUT2D eigenvalue weighted by Gasteiger charge is 2.49. The van der Waals surface area contributed by atoms with Crippen molar-refractivity contribution >= 4 is 35.2 Å². The van der Waals surface area contributed by atoms with Crippen molar-refractivity contribution in [1.29, 1.82) is 0 Å². The fourth-order valence-electron chi connectivity index (χ4n) is 7.92. The van der Waals surface area contributed by atoms with E-state index < -0.39 is 30.5 Å². The molecule has 5 aliphatic rings. The molecule has 270 valence electrons. The summed E-state index contributed by atoms with van der Waals surface area (Å²) < 4.78 is 41.3. The molecular weight excluding hydrogens is 660 g/mol. The minimum Gasteiger partial charge on any atom is -0.377 e. The number of amides is 3. The van der Waals surface area contributed by atoms with E-state index in [0.717, 1.165) is 13.1 Å². The number of fused-ring (bicyclic) bond motifs is 4. The number of hydrogen-bond donors (Lipinski definition) is 2. The molecule has 0 saturated carbocycles. The molecule has 4 bridgehead atoms. The zero-order chi connectivity index (χ0) is 35.2. The average molecular weight is 704 g/mol. The van der Waals surface area contributed by atoms with Crippen molar-refractivity contribution in [2.45, 2.75) is 69.2 Å². The Kier molecular flexibility index (Phi) is 9.19. The maximum Gasteiger partial charge on any atom is 0.323 e. The van der Waals surface area contributed by atoms with Crippen LogP contribution in [0.25, 0.3) is 11.4 Å². The summed E-state index contributed by atoms with van der Waals surface area (Å²) in [7, 11) is 0. The Morgan fingerprint density at radius 2 is 1.24 bits per heavy atom. The summed E-state index contributed by atoms with van der Waals surface area (Å²) >= 11 is 0. The molecule has 0 spiro atoms. The molecule has 5 aliphatic heterocycles. The predicted molar refractivity (Wildman–Crippen MR) is 188 cm³/mol. The van der Waals surface area contributed by atoms with Crippen LogP contribution in [0.2, 0.25) is 0 Å². The number of alkyl halides is 2. The second kappa shape index (κ2) is 13.9. The van der Waals surface area contributed by atoms with Crippen LogP contribution >= 0.6 is 0 Å². The molecule has 5 fully saturated rings. The minimum absolute atomic E-state index is 0.0141. The summed E-state index contributed by atoms with van der Waals surface area (Å²) in [5.41, 5.74) is 2.33. The van der Waals surface area contributed by atoms with Gasteiger partial charge in [0.25, 0.3) is 5.91 Å². The van der Waals surface area contributed by atoms with Crippen LogP contribution < -0.4 is 20.4 Å². The Morgan fingerprint density at radius 3 is 1.73 bits per heavy atom. The van der Waals surface area contributed by atoms with Crippen LogP contribution in [-0.4, -0.2) is 132 Å². The first-order chi connectivity index (χ1) is 24.7. The lowest BCUT2D eigenvalue weighted by atomic mass is 10.1. The summed E-state index contributed by atoms with van der Waals surface area (Å²) in [4.78, 5) is 48.3. The van der Waals surface area contributed by atoms with E-state index in [1.165, 1.54) is 0 Å². The van der Waals surface area contributed by atoms with Crippen LogP contribution in [0.15, 0.2) is 48.5 Å². The van der Waals surface area contributed by atoms with Crippen LogP contribution in [0, 0.1) is 0 Å². The van der Waals surface area contributed by atoms with E-state index in [1.807, 2.05) is 14.7 Å². The predicted octanol–water partition coefficient (Wildman–Crippen LogP) is 3.98. The molecule has 6 heterocycles. The maximum atomic E-state index is 15.0. The van der Waals surface area contributed by atoms with Crippen molar-refractivity contribution in [2.24, 2.45) is 0 Å². The number of rotatable bonds is 7. The zero-order valence-corrected chi connectivity index (χ0v) is 28.8. The van der Waals surface area contributed by atoms with E-state index in [4.69, 9.17) is 24.4 Å². The number of nitrogens with zero attached hydrogens (tertiary/aromatic N) is 7. The third-order valence-corrected chi connectivity index (χ3v) is 10.7. The Hall–Kier alpha value is -4.47. The van der Waals surface area contributed by atoms with Crippen molar-refractivity contribution in [3.05, 3.63) is 54.1 Å². The van der Waals surface area contributed by atoms with Gasteiger partial charge < -0.3 is 34.8 Å². The average Bonchev–Trinajstić information content (AvgIpc) is 3.45. The van der Waals surface area contributed by atoms with Crippen LogP contribution in [0.1, 0.15) is 37.0 Å². The number of nitrogens with one attached hydrogen (secondary N) is 2. The molecule has 0 aliphatic carbocycles. The Bertz CT molecular complexity index is 1690. The monoisotopic (exact) mass is 703 g/mol. The third-order valence-electron chi connectivity index (χ3n) is 10.7. The van der Waals surface area contributed by atoms with Gasteiger partial charge in [0.05, 0.1) is 50.6 Å². The minimum atomic E-state index is -1.07. The number of halogens is 2. The van der Waals surface area contributed by atoms with Crippen LogP contribution in [0.3, 0.4) is 0 Å². The number of piperazine rings is 1. The summed E-state index contributed by atoms with van der Waals surface area (Å²) in [6.45, 7) is 8.66. The summed E-state index contributed by atoms with van der Waals surface area (Å²) in [6.07, 6.45) is -1.47. The number of morpholine rings is 2. The Balaban J connectivity index is 0.956. The third kappa shape index (κ3) is 6.69. The van der Waals surface area contributed by atoms with Gasteiger partial charge in [-0.3, -0.25) is 9.69 Å². The molecule has 1 aromatic heterocycles. The second-order valence-corrected chi connectivity index (χ2v) is 14.2. The quantitative estimate of drug-likeness (QED) is 0.373. The highest BCUT2D eigenvalue weighted by atomic mass is 19.1. The van der Waals surface area contributed by atoms with Crippen molar-refractivity contribution < 1.29 is 27.8 Å². The highest BCUT2D eigenvalue weighted by Crippen LogP contribution is 2.38. The first-order valence-electron chi connectivity index (χ1n) is 17.8. The van der Waals surface area contributed by atoms with E-state index in [-0.39, 0.29) is 31.2 Å². The first kappa shape index (κ1) is 33.7. The number of carbonyl (C=O) groups is 2. The molecule has 0 unspecified atom stereocenters. The zero-order valence-electron chi connectivity index (χ0n) is 28.8. The van der Waals surface area contributed by atoms with Crippen molar-refractivity contribution in [2.75, 3.05) is 73.0 Å². The summed E-state index contributed by atoms with van der Waals surface area (Å²) in [6, 6.07) is 12.5. The van der Waals surface area contributed by atoms with E-state index in [0.29, 0.717) is 85.4 Å². The maximum absolute atomic E-state index is 15.0. The lowest BCUT2D eigenvalue weighted by Crippen LogP contribution is -2.50. The van der Waals surface area contributed by atoms with Gasteiger partial charge in [-0.05, 0) is 62.4 Å². The fourth-order valence-corrected chi connectivity index (χ4v) is 7.92. The molecule has 0 radical (unpaired) electrons. The molecule has 3 aromatic rings. The molecule has 6 atom stereocenters. The Labute approximate surface area is 295 Å². The normalized spacial score (nSPS) is 27.6. The molecule has 15 heteroatoms. The fraction of sp³-hybridized carbons (Fsp3) is 0.528. The van der Waals surface area contributed by atoms with Crippen molar-refractivity contribution in [1.82, 2.24) is 24.8 Å². The highest BCUT2D eigenvalue weighted by molar-refractivity contribution is 6.00. The first-order valence-corrected chi connectivity index (χ1v) is 17.8. The van der Waals surface area contributed by atoms with Crippen molar-refractivity contribution in [3.8, 4) is 11.4 Å². The van der Waals surface area contributed by atoms with E-state index in [9.17, 15) is 18.4 Å². The van der Waals surface area contributed by atoms with Gasteiger partial charge in [-0.2, -0.15) is 15.0 Å². The molecule has 8 rings (SSSR count).